The molecular formula is C22H22N4OS. The zero-order valence-corrected chi connectivity index (χ0v) is 16.4. The summed E-state index contributed by atoms with van der Waals surface area (Å²) >= 11 is 1.50. The van der Waals surface area contributed by atoms with Crippen molar-refractivity contribution in [2.24, 2.45) is 0 Å². The fourth-order valence-corrected chi connectivity index (χ4v) is 4.00. The van der Waals surface area contributed by atoms with E-state index < -0.39 is 0 Å². The summed E-state index contributed by atoms with van der Waals surface area (Å²) in [6.07, 6.45) is 7.81. The van der Waals surface area contributed by atoms with Gasteiger partial charge in [0.1, 0.15) is 10.7 Å². The molecule has 142 valence electrons. The summed E-state index contributed by atoms with van der Waals surface area (Å²) in [4.78, 5) is 25.6. The quantitative estimate of drug-likeness (QED) is 0.667. The van der Waals surface area contributed by atoms with Gasteiger partial charge in [0, 0.05) is 56.1 Å². The molecule has 0 atom stereocenters. The first kappa shape index (κ1) is 18.5. The Balaban J connectivity index is 1.29. The van der Waals surface area contributed by atoms with Gasteiger partial charge < -0.3 is 4.90 Å². The average molecular weight is 391 g/mol. The Bertz CT molecular complexity index is 931. The first-order chi connectivity index (χ1) is 13.8. The molecule has 1 saturated heterocycles. The predicted molar refractivity (Wildman–Crippen MR) is 113 cm³/mol. The number of thiazole rings is 1. The lowest BCUT2D eigenvalue weighted by Gasteiger charge is -2.33. The highest BCUT2D eigenvalue weighted by Crippen LogP contribution is 2.23. The Morgan fingerprint density at radius 1 is 1.04 bits per heavy atom. The Kier molecular flexibility index (Phi) is 5.89. The summed E-state index contributed by atoms with van der Waals surface area (Å²) in [6.45, 7) is 4.14. The maximum absolute atomic E-state index is 12.8. The average Bonchev–Trinajstić information content (AvgIpc) is 3.25. The molecule has 6 heteroatoms. The lowest BCUT2D eigenvalue weighted by molar-refractivity contribution is 0.0645. The lowest BCUT2D eigenvalue weighted by atomic mass is 10.2. The number of nitrogens with zero attached hydrogens (tertiary/aromatic N) is 4. The van der Waals surface area contributed by atoms with E-state index in [2.05, 4.69) is 39.2 Å². The standard InChI is InChI=1S/C22H22N4OS/c27-22(20-17-28-21(24-20)19-8-10-23-11-9-19)26-15-13-25(14-16-26)12-4-7-18-5-2-1-3-6-18/h1-11,17H,12-16H2/b7-4+. The lowest BCUT2D eigenvalue weighted by Crippen LogP contribution is -2.48. The van der Waals surface area contributed by atoms with Gasteiger partial charge in [0.2, 0.25) is 0 Å². The maximum atomic E-state index is 12.8. The zero-order valence-electron chi connectivity index (χ0n) is 15.6. The van der Waals surface area contributed by atoms with Gasteiger partial charge in [0.25, 0.3) is 5.91 Å². The largest absolute Gasteiger partial charge is 0.335 e. The van der Waals surface area contributed by atoms with Crippen molar-refractivity contribution in [3.8, 4) is 10.6 Å². The molecule has 28 heavy (non-hydrogen) atoms. The van der Waals surface area contributed by atoms with Gasteiger partial charge in [-0.15, -0.1) is 11.3 Å². The first-order valence-corrected chi connectivity index (χ1v) is 10.3. The van der Waals surface area contributed by atoms with Crippen LogP contribution in [0.1, 0.15) is 16.1 Å². The van der Waals surface area contributed by atoms with E-state index in [0.717, 1.165) is 43.3 Å². The van der Waals surface area contributed by atoms with Crippen LogP contribution in [-0.4, -0.2) is 58.4 Å². The molecule has 0 N–H and O–H groups in total. The molecule has 0 aliphatic carbocycles. The summed E-state index contributed by atoms with van der Waals surface area (Å²) in [5.41, 5.74) is 2.74. The minimum absolute atomic E-state index is 0.0241. The summed E-state index contributed by atoms with van der Waals surface area (Å²) in [5, 5.41) is 2.71. The first-order valence-electron chi connectivity index (χ1n) is 9.39. The number of carbonyl (C=O) groups is 1. The molecule has 0 spiro atoms. The Morgan fingerprint density at radius 2 is 1.79 bits per heavy atom. The summed E-state index contributed by atoms with van der Waals surface area (Å²) < 4.78 is 0. The van der Waals surface area contributed by atoms with Gasteiger partial charge in [-0.25, -0.2) is 4.98 Å². The van der Waals surface area contributed by atoms with Crippen LogP contribution in [0.3, 0.4) is 0 Å². The van der Waals surface area contributed by atoms with Crippen molar-refractivity contribution in [1.29, 1.82) is 0 Å². The van der Waals surface area contributed by atoms with E-state index in [4.69, 9.17) is 0 Å². The van der Waals surface area contributed by atoms with Gasteiger partial charge in [-0.3, -0.25) is 14.7 Å². The monoisotopic (exact) mass is 390 g/mol. The van der Waals surface area contributed by atoms with Crippen molar-refractivity contribution in [1.82, 2.24) is 19.8 Å². The number of hydrogen-bond donors (Lipinski definition) is 0. The Labute approximate surface area is 169 Å². The van der Waals surface area contributed by atoms with Crippen LogP contribution in [0.2, 0.25) is 0 Å². The van der Waals surface area contributed by atoms with E-state index in [0.29, 0.717) is 5.69 Å². The van der Waals surface area contributed by atoms with Crippen molar-refractivity contribution < 1.29 is 4.79 Å². The highest BCUT2D eigenvalue weighted by atomic mass is 32.1. The second-order valence-corrected chi connectivity index (χ2v) is 7.54. The number of hydrogen-bond acceptors (Lipinski definition) is 5. The third-order valence-corrected chi connectivity index (χ3v) is 5.67. The number of pyridine rings is 1. The van der Waals surface area contributed by atoms with Crippen LogP contribution in [-0.2, 0) is 0 Å². The summed E-state index contributed by atoms with van der Waals surface area (Å²) in [6, 6.07) is 14.1. The molecule has 1 aliphatic heterocycles. The van der Waals surface area contributed by atoms with Crippen molar-refractivity contribution >= 4 is 23.3 Å². The number of carbonyl (C=O) groups excluding carboxylic acids is 1. The van der Waals surface area contributed by atoms with E-state index in [9.17, 15) is 4.79 Å². The van der Waals surface area contributed by atoms with E-state index in [1.165, 1.54) is 16.9 Å². The van der Waals surface area contributed by atoms with Crippen LogP contribution in [0.25, 0.3) is 16.6 Å². The molecule has 2 aromatic heterocycles. The minimum atomic E-state index is 0.0241. The third kappa shape index (κ3) is 4.52. The van der Waals surface area contributed by atoms with Crippen LogP contribution < -0.4 is 0 Å². The van der Waals surface area contributed by atoms with Gasteiger partial charge in [-0.1, -0.05) is 42.5 Å². The minimum Gasteiger partial charge on any atom is -0.335 e. The van der Waals surface area contributed by atoms with Crippen molar-refractivity contribution in [2.75, 3.05) is 32.7 Å². The van der Waals surface area contributed by atoms with Crippen molar-refractivity contribution in [3.63, 3.8) is 0 Å². The molecule has 3 aromatic rings. The molecule has 1 fully saturated rings. The molecule has 1 amide bonds. The molecule has 0 unspecified atom stereocenters. The zero-order chi connectivity index (χ0) is 19.2. The van der Waals surface area contributed by atoms with Gasteiger partial charge in [-0.2, -0.15) is 0 Å². The molecule has 0 saturated carbocycles. The second kappa shape index (κ2) is 8.91. The molecule has 1 aliphatic rings. The SMILES string of the molecule is O=C(c1csc(-c2ccncc2)n1)N1CCN(C/C=C/c2ccccc2)CC1. The fraction of sp³-hybridized carbons (Fsp3) is 0.227. The van der Waals surface area contributed by atoms with Crippen molar-refractivity contribution in [3.05, 3.63) is 77.6 Å². The Morgan fingerprint density at radius 3 is 2.54 bits per heavy atom. The number of piperazine rings is 1. The number of amides is 1. The maximum Gasteiger partial charge on any atom is 0.273 e. The van der Waals surface area contributed by atoms with Crippen LogP contribution in [0.4, 0.5) is 0 Å². The normalized spacial score (nSPS) is 15.2. The molecule has 0 bridgehead atoms. The van der Waals surface area contributed by atoms with Crippen LogP contribution in [0.15, 0.2) is 66.3 Å². The van der Waals surface area contributed by atoms with E-state index in [1.54, 1.807) is 12.4 Å². The highest BCUT2D eigenvalue weighted by molar-refractivity contribution is 7.13. The molecule has 0 radical (unpaired) electrons. The van der Waals surface area contributed by atoms with Crippen molar-refractivity contribution in [2.45, 2.75) is 0 Å². The van der Waals surface area contributed by atoms with Gasteiger partial charge in [-0.05, 0) is 17.7 Å². The fourth-order valence-electron chi connectivity index (χ4n) is 3.20. The molecule has 1 aromatic carbocycles. The van der Waals surface area contributed by atoms with E-state index in [-0.39, 0.29) is 5.91 Å². The highest BCUT2D eigenvalue weighted by Gasteiger charge is 2.23. The molecule has 4 rings (SSSR count). The summed E-state index contributed by atoms with van der Waals surface area (Å²) in [7, 11) is 0. The van der Waals surface area contributed by atoms with Crippen LogP contribution in [0, 0.1) is 0 Å². The van der Waals surface area contributed by atoms with Crippen LogP contribution >= 0.6 is 11.3 Å². The predicted octanol–water partition coefficient (Wildman–Crippen LogP) is 3.68. The van der Waals surface area contributed by atoms with Gasteiger partial charge in [0.05, 0.1) is 0 Å². The van der Waals surface area contributed by atoms with Gasteiger partial charge >= 0.3 is 0 Å². The molecule has 5 nitrogen and oxygen atoms in total. The van der Waals surface area contributed by atoms with Gasteiger partial charge in [0.15, 0.2) is 0 Å². The number of benzene rings is 1. The Hall–Kier alpha value is -2.83. The molecular weight excluding hydrogens is 368 g/mol. The topological polar surface area (TPSA) is 49.3 Å². The van der Waals surface area contributed by atoms with Crippen LogP contribution in [0.5, 0.6) is 0 Å². The van der Waals surface area contributed by atoms with E-state index in [1.807, 2.05) is 40.6 Å². The third-order valence-electron chi connectivity index (χ3n) is 4.78. The summed E-state index contributed by atoms with van der Waals surface area (Å²) in [5.74, 6) is 0.0241. The number of aromatic nitrogens is 2. The van der Waals surface area contributed by atoms with E-state index >= 15 is 0 Å². The molecule has 3 heterocycles. The second-order valence-electron chi connectivity index (χ2n) is 6.68. The smallest absolute Gasteiger partial charge is 0.273 e. The number of rotatable bonds is 5.